The number of benzene rings is 1. The van der Waals surface area contributed by atoms with Crippen LogP contribution in [-0.4, -0.2) is 42.5 Å². The zero-order valence-corrected chi connectivity index (χ0v) is 12.4. The number of rotatable bonds is 10. The van der Waals surface area contributed by atoms with Gasteiger partial charge in [0, 0.05) is 30.8 Å². The molecule has 2 N–H and O–H groups in total. The molecule has 1 unspecified atom stereocenters. The maximum Gasteiger partial charge on any atom is 0.270 e. The third-order valence-corrected chi connectivity index (χ3v) is 2.77. The highest BCUT2D eigenvalue weighted by Gasteiger charge is 2.13. The van der Waals surface area contributed by atoms with E-state index in [1.165, 1.54) is 12.1 Å². The molecule has 1 atom stereocenters. The first kappa shape index (κ1) is 17.4. The number of aliphatic hydroxyl groups is 1. The van der Waals surface area contributed by atoms with Gasteiger partial charge < -0.3 is 19.9 Å². The van der Waals surface area contributed by atoms with E-state index in [4.69, 9.17) is 9.47 Å². The Labute approximate surface area is 124 Å². The van der Waals surface area contributed by atoms with Gasteiger partial charge in [-0.25, -0.2) is 0 Å². The molecule has 118 valence electrons. The Morgan fingerprint density at radius 3 is 2.76 bits per heavy atom. The first-order chi connectivity index (χ1) is 10.1. The number of nitrogens with one attached hydrogen (secondary N) is 1. The van der Waals surface area contributed by atoms with E-state index in [-0.39, 0.29) is 18.9 Å². The minimum atomic E-state index is -0.730. The van der Waals surface area contributed by atoms with Crippen LogP contribution in [0.1, 0.15) is 19.4 Å². The van der Waals surface area contributed by atoms with Crippen LogP contribution >= 0.6 is 0 Å². The quantitative estimate of drug-likeness (QED) is 0.502. The Bertz CT molecular complexity index is 453. The second-order valence-electron chi connectivity index (χ2n) is 4.45. The minimum Gasteiger partial charge on any atom is -0.490 e. The average molecular weight is 298 g/mol. The Hall–Kier alpha value is -1.70. The Kier molecular flexibility index (Phi) is 7.66. The number of nitro benzene ring substituents is 1. The van der Waals surface area contributed by atoms with Gasteiger partial charge in [0.15, 0.2) is 0 Å². The summed E-state index contributed by atoms with van der Waals surface area (Å²) in [6.07, 6.45) is -0.730. The Morgan fingerprint density at radius 2 is 2.14 bits per heavy atom. The van der Waals surface area contributed by atoms with E-state index < -0.39 is 11.0 Å². The molecule has 0 aliphatic heterocycles. The van der Waals surface area contributed by atoms with E-state index in [0.717, 1.165) is 6.54 Å². The molecule has 0 spiro atoms. The van der Waals surface area contributed by atoms with Gasteiger partial charge in [-0.2, -0.15) is 0 Å². The van der Waals surface area contributed by atoms with Crippen molar-refractivity contribution in [1.82, 2.24) is 5.32 Å². The maximum absolute atomic E-state index is 10.8. The summed E-state index contributed by atoms with van der Waals surface area (Å²) in [4.78, 5) is 10.4. The number of non-ortho nitro benzene ring substituents is 1. The van der Waals surface area contributed by atoms with Crippen LogP contribution in [-0.2, 0) is 11.3 Å². The summed E-state index contributed by atoms with van der Waals surface area (Å²) in [5.41, 5.74) is 0.708. The lowest BCUT2D eigenvalue weighted by atomic mass is 10.1. The summed E-state index contributed by atoms with van der Waals surface area (Å²) < 4.78 is 10.6. The summed E-state index contributed by atoms with van der Waals surface area (Å²) >= 11 is 0. The molecule has 7 nitrogen and oxygen atoms in total. The molecule has 0 aliphatic carbocycles. The standard InChI is InChI=1S/C14H22N2O5/c1-3-15-8-11-7-12(16(18)19)5-6-14(11)21-10-13(17)9-20-4-2/h5-7,13,15,17H,3-4,8-10H2,1-2H3. The molecule has 21 heavy (non-hydrogen) atoms. The lowest BCUT2D eigenvalue weighted by molar-refractivity contribution is -0.384. The van der Waals surface area contributed by atoms with Gasteiger partial charge in [-0.1, -0.05) is 6.92 Å². The minimum absolute atomic E-state index is 0.0186. The van der Waals surface area contributed by atoms with Crippen molar-refractivity contribution in [3.05, 3.63) is 33.9 Å². The van der Waals surface area contributed by atoms with Gasteiger partial charge in [0.2, 0.25) is 0 Å². The molecule has 0 saturated carbocycles. The highest BCUT2D eigenvalue weighted by Crippen LogP contribution is 2.24. The van der Waals surface area contributed by atoms with Gasteiger partial charge in [-0.3, -0.25) is 10.1 Å². The molecule has 7 heteroatoms. The predicted octanol–water partition coefficient (Wildman–Crippen LogP) is 1.48. The third-order valence-electron chi connectivity index (χ3n) is 2.77. The van der Waals surface area contributed by atoms with Gasteiger partial charge in [-0.15, -0.1) is 0 Å². The van der Waals surface area contributed by atoms with Crippen molar-refractivity contribution < 1.29 is 19.5 Å². The smallest absolute Gasteiger partial charge is 0.270 e. The molecule has 1 aromatic carbocycles. The zero-order valence-electron chi connectivity index (χ0n) is 12.4. The number of nitrogens with zero attached hydrogens (tertiary/aromatic N) is 1. The normalized spacial score (nSPS) is 12.1. The van der Waals surface area contributed by atoms with Crippen LogP contribution in [0.25, 0.3) is 0 Å². The zero-order chi connectivity index (χ0) is 15.7. The number of aliphatic hydroxyl groups excluding tert-OH is 1. The van der Waals surface area contributed by atoms with E-state index in [2.05, 4.69) is 5.32 Å². The SMILES string of the molecule is CCNCc1cc([N+](=O)[O-])ccc1OCC(O)COCC. The molecule has 0 fully saturated rings. The summed E-state index contributed by atoms with van der Waals surface area (Å²) in [5.74, 6) is 0.525. The van der Waals surface area contributed by atoms with Crippen LogP contribution in [0.5, 0.6) is 5.75 Å². The second-order valence-corrected chi connectivity index (χ2v) is 4.45. The van der Waals surface area contributed by atoms with Gasteiger partial charge in [-0.05, 0) is 19.5 Å². The van der Waals surface area contributed by atoms with Crippen LogP contribution in [0, 0.1) is 10.1 Å². The molecule has 0 heterocycles. The molecule has 0 saturated heterocycles. The van der Waals surface area contributed by atoms with Crippen molar-refractivity contribution in [3.63, 3.8) is 0 Å². The molecule has 0 radical (unpaired) electrons. The van der Waals surface area contributed by atoms with Crippen LogP contribution in [0.15, 0.2) is 18.2 Å². The van der Waals surface area contributed by atoms with Crippen LogP contribution in [0.2, 0.25) is 0 Å². The molecule has 0 aromatic heterocycles. The molecule has 1 rings (SSSR count). The van der Waals surface area contributed by atoms with Crippen molar-refractivity contribution in [3.8, 4) is 5.75 Å². The third kappa shape index (κ3) is 6.07. The van der Waals surface area contributed by atoms with Crippen LogP contribution in [0.3, 0.4) is 0 Å². The number of hydrogen-bond acceptors (Lipinski definition) is 6. The van der Waals surface area contributed by atoms with E-state index >= 15 is 0 Å². The lowest BCUT2D eigenvalue weighted by Crippen LogP contribution is -2.24. The molecular weight excluding hydrogens is 276 g/mol. The number of hydrogen-bond donors (Lipinski definition) is 2. The topological polar surface area (TPSA) is 93.9 Å². The van der Waals surface area contributed by atoms with Crippen LogP contribution < -0.4 is 10.1 Å². The van der Waals surface area contributed by atoms with Crippen molar-refractivity contribution in [2.24, 2.45) is 0 Å². The van der Waals surface area contributed by atoms with E-state index in [1.807, 2.05) is 13.8 Å². The first-order valence-electron chi connectivity index (χ1n) is 6.95. The second kappa shape index (κ2) is 9.28. The van der Waals surface area contributed by atoms with E-state index in [0.29, 0.717) is 24.5 Å². The predicted molar refractivity (Wildman–Crippen MR) is 78.5 cm³/mol. The van der Waals surface area contributed by atoms with Gasteiger partial charge in [0.25, 0.3) is 5.69 Å². The van der Waals surface area contributed by atoms with E-state index in [9.17, 15) is 15.2 Å². The Morgan fingerprint density at radius 1 is 1.38 bits per heavy atom. The summed E-state index contributed by atoms with van der Waals surface area (Å²) in [7, 11) is 0. The molecule has 0 amide bonds. The van der Waals surface area contributed by atoms with Gasteiger partial charge >= 0.3 is 0 Å². The molecular formula is C14H22N2O5. The monoisotopic (exact) mass is 298 g/mol. The van der Waals surface area contributed by atoms with Crippen molar-refractivity contribution >= 4 is 5.69 Å². The molecule has 0 bridgehead atoms. The highest BCUT2D eigenvalue weighted by molar-refractivity contribution is 5.43. The fraction of sp³-hybridized carbons (Fsp3) is 0.571. The van der Waals surface area contributed by atoms with Crippen molar-refractivity contribution in [2.75, 3.05) is 26.4 Å². The fourth-order valence-electron chi connectivity index (χ4n) is 1.71. The van der Waals surface area contributed by atoms with Crippen LogP contribution in [0.4, 0.5) is 5.69 Å². The first-order valence-corrected chi connectivity index (χ1v) is 6.95. The summed E-state index contributed by atoms with van der Waals surface area (Å²) in [5, 5.41) is 23.6. The number of ether oxygens (including phenoxy) is 2. The van der Waals surface area contributed by atoms with E-state index in [1.54, 1.807) is 6.07 Å². The average Bonchev–Trinajstić information content (AvgIpc) is 2.48. The van der Waals surface area contributed by atoms with Crippen molar-refractivity contribution in [1.29, 1.82) is 0 Å². The molecule has 1 aromatic rings. The van der Waals surface area contributed by atoms with Crippen molar-refractivity contribution in [2.45, 2.75) is 26.5 Å². The summed E-state index contributed by atoms with van der Waals surface area (Å²) in [6.45, 7) is 5.82. The maximum atomic E-state index is 10.8. The van der Waals surface area contributed by atoms with Gasteiger partial charge in [0.05, 0.1) is 11.5 Å². The lowest BCUT2D eigenvalue weighted by Gasteiger charge is -2.15. The molecule has 0 aliphatic rings. The fourth-order valence-corrected chi connectivity index (χ4v) is 1.71. The summed E-state index contributed by atoms with van der Waals surface area (Å²) in [6, 6.07) is 4.42. The number of nitro groups is 1. The Balaban J connectivity index is 2.72. The van der Waals surface area contributed by atoms with Gasteiger partial charge in [0.1, 0.15) is 18.5 Å². The largest absolute Gasteiger partial charge is 0.490 e. The highest BCUT2D eigenvalue weighted by atomic mass is 16.6.